The number of nitrogens with zero attached hydrogens (tertiary/aromatic N) is 1. The van der Waals surface area contributed by atoms with Crippen LogP contribution in [0.25, 0.3) is 0 Å². The molecular weight excluding hydrogens is 285 g/mol. The first-order chi connectivity index (χ1) is 9.08. The highest BCUT2D eigenvalue weighted by Gasteiger charge is 2.27. The summed E-state index contributed by atoms with van der Waals surface area (Å²) >= 11 is 11.8. The minimum absolute atomic E-state index is 0.465. The molecule has 104 valence electrons. The Hall–Kier alpha value is -0.770. The van der Waals surface area contributed by atoms with Gasteiger partial charge in [0.1, 0.15) is 6.04 Å². The number of carbonyl (C=O) groups is 1. The quantitative estimate of drug-likeness (QED) is 0.925. The van der Waals surface area contributed by atoms with Gasteiger partial charge in [-0.25, -0.2) is 0 Å². The lowest BCUT2D eigenvalue weighted by molar-refractivity contribution is -0.143. The smallest absolute Gasteiger partial charge is 0.321 e. The molecule has 0 spiro atoms. The summed E-state index contributed by atoms with van der Waals surface area (Å²) in [6.07, 6.45) is 3.80. The molecule has 1 heterocycles. The summed E-state index contributed by atoms with van der Waals surface area (Å²) in [6, 6.07) is 4.84. The molecule has 1 fully saturated rings. The van der Waals surface area contributed by atoms with E-state index < -0.39 is 12.0 Å². The summed E-state index contributed by atoms with van der Waals surface area (Å²) in [5.74, 6) is -0.770. The molecule has 5 heteroatoms. The molecule has 1 saturated heterocycles. The molecule has 1 aliphatic rings. The highest BCUT2D eigenvalue weighted by Crippen LogP contribution is 2.24. The Morgan fingerprint density at radius 3 is 2.47 bits per heavy atom. The molecule has 0 saturated carbocycles. The maximum Gasteiger partial charge on any atom is 0.321 e. The molecule has 19 heavy (non-hydrogen) atoms. The molecule has 0 aliphatic carbocycles. The molecule has 1 aliphatic heterocycles. The van der Waals surface area contributed by atoms with Crippen molar-refractivity contribution in [2.75, 3.05) is 13.1 Å². The SMILES string of the molecule is O=C(O)C(Cc1ccc(Cl)c(Cl)c1)N1CCCCC1. The lowest BCUT2D eigenvalue weighted by Crippen LogP contribution is -2.45. The molecule has 1 unspecified atom stereocenters. The molecule has 0 radical (unpaired) electrons. The Bertz CT molecular complexity index is 459. The fraction of sp³-hybridized carbons (Fsp3) is 0.500. The molecule has 3 nitrogen and oxygen atoms in total. The van der Waals surface area contributed by atoms with Gasteiger partial charge in [0.05, 0.1) is 10.0 Å². The molecular formula is C14H17Cl2NO2. The van der Waals surface area contributed by atoms with E-state index in [-0.39, 0.29) is 0 Å². The number of carboxylic acids is 1. The van der Waals surface area contributed by atoms with Gasteiger partial charge in [0.2, 0.25) is 0 Å². The monoisotopic (exact) mass is 301 g/mol. The average molecular weight is 302 g/mol. The summed E-state index contributed by atoms with van der Waals surface area (Å²) in [5, 5.41) is 10.4. The van der Waals surface area contributed by atoms with Crippen LogP contribution in [0.4, 0.5) is 0 Å². The van der Waals surface area contributed by atoms with Gasteiger partial charge in [-0.15, -0.1) is 0 Å². The van der Waals surface area contributed by atoms with Crippen LogP contribution in [-0.2, 0) is 11.2 Å². The normalized spacial score (nSPS) is 18.2. The fourth-order valence-electron chi connectivity index (χ4n) is 2.49. The van der Waals surface area contributed by atoms with E-state index in [1.165, 1.54) is 6.42 Å². The lowest BCUT2D eigenvalue weighted by atomic mass is 10.0. The number of likely N-dealkylation sites (tertiary alicyclic amines) is 1. The van der Waals surface area contributed by atoms with Crippen LogP contribution in [0.1, 0.15) is 24.8 Å². The number of benzene rings is 1. The Balaban J connectivity index is 2.11. The Kier molecular flexibility index (Phi) is 5.08. The number of aliphatic carboxylic acids is 1. The Morgan fingerprint density at radius 2 is 1.89 bits per heavy atom. The fourth-order valence-corrected chi connectivity index (χ4v) is 2.81. The minimum atomic E-state index is -0.770. The van der Waals surface area contributed by atoms with E-state index in [0.717, 1.165) is 31.5 Å². The van der Waals surface area contributed by atoms with Crippen molar-refractivity contribution in [3.8, 4) is 0 Å². The molecule has 1 aromatic rings. The Morgan fingerprint density at radius 1 is 1.21 bits per heavy atom. The van der Waals surface area contributed by atoms with E-state index in [2.05, 4.69) is 0 Å². The van der Waals surface area contributed by atoms with Crippen molar-refractivity contribution >= 4 is 29.2 Å². The first-order valence-electron chi connectivity index (χ1n) is 6.48. The number of hydrogen-bond donors (Lipinski definition) is 1. The number of hydrogen-bond acceptors (Lipinski definition) is 2. The molecule has 1 N–H and O–H groups in total. The summed E-state index contributed by atoms with van der Waals surface area (Å²) in [4.78, 5) is 13.5. The van der Waals surface area contributed by atoms with Gasteiger partial charge in [0, 0.05) is 0 Å². The van der Waals surface area contributed by atoms with Crippen molar-refractivity contribution in [2.24, 2.45) is 0 Å². The number of carboxylic acid groups (broad SMARTS) is 1. The summed E-state index contributed by atoms with van der Waals surface area (Å²) in [5.41, 5.74) is 0.910. The van der Waals surface area contributed by atoms with Gasteiger partial charge in [0.15, 0.2) is 0 Å². The predicted octanol–water partition coefficient (Wildman–Crippen LogP) is 3.48. The van der Waals surface area contributed by atoms with Crippen LogP contribution < -0.4 is 0 Å². The van der Waals surface area contributed by atoms with Gasteiger partial charge in [-0.2, -0.15) is 0 Å². The van der Waals surface area contributed by atoms with Gasteiger partial charge in [-0.05, 0) is 50.0 Å². The minimum Gasteiger partial charge on any atom is -0.480 e. The predicted molar refractivity (Wildman–Crippen MR) is 77.0 cm³/mol. The van der Waals surface area contributed by atoms with Crippen molar-refractivity contribution in [3.05, 3.63) is 33.8 Å². The van der Waals surface area contributed by atoms with Crippen molar-refractivity contribution < 1.29 is 9.90 Å². The van der Waals surface area contributed by atoms with E-state index in [0.29, 0.717) is 16.5 Å². The average Bonchev–Trinajstić information content (AvgIpc) is 2.40. The van der Waals surface area contributed by atoms with Gasteiger partial charge in [-0.1, -0.05) is 35.7 Å². The van der Waals surface area contributed by atoms with Gasteiger partial charge in [-0.3, -0.25) is 9.69 Å². The zero-order valence-corrected chi connectivity index (χ0v) is 12.1. The van der Waals surface area contributed by atoms with Crippen LogP contribution in [0.15, 0.2) is 18.2 Å². The second-order valence-electron chi connectivity index (χ2n) is 4.90. The van der Waals surface area contributed by atoms with Crippen LogP contribution >= 0.6 is 23.2 Å². The highest BCUT2D eigenvalue weighted by molar-refractivity contribution is 6.42. The van der Waals surface area contributed by atoms with Crippen LogP contribution in [0.5, 0.6) is 0 Å². The van der Waals surface area contributed by atoms with E-state index in [4.69, 9.17) is 23.2 Å². The Labute approximate surface area is 123 Å². The van der Waals surface area contributed by atoms with Crippen LogP contribution in [-0.4, -0.2) is 35.1 Å². The van der Waals surface area contributed by atoms with E-state index >= 15 is 0 Å². The second-order valence-corrected chi connectivity index (χ2v) is 5.72. The third kappa shape index (κ3) is 3.85. The first-order valence-corrected chi connectivity index (χ1v) is 7.24. The zero-order chi connectivity index (χ0) is 13.8. The van der Waals surface area contributed by atoms with Crippen molar-refractivity contribution in [1.82, 2.24) is 4.90 Å². The first kappa shape index (κ1) is 14.6. The third-order valence-electron chi connectivity index (χ3n) is 3.53. The summed E-state index contributed by atoms with van der Waals surface area (Å²) in [7, 11) is 0. The van der Waals surface area contributed by atoms with Crippen LogP contribution in [0, 0.1) is 0 Å². The van der Waals surface area contributed by atoms with Crippen molar-refractivity contribution in [1.29, 1.82) is 0 Å². The van der Waals surface area contributed by atoms with Gasteiger partial charge >= 0.3 is 5.97 Å². The summed E-state index contributed by atoms with van der Waals surface area (Å²) in [6.45, 7) is 1.72. The largest absolute Gasteiger partial charge is 0.480 e. The number of halogens is 2. The number of rotatable bonds is 4. The van der Waals surface area contributed by atoms with Gasteiger partial charge in [0.25, 0.3) is 0 Å². The standard InChI is InChI=1S/C14H17Cl2NO2/c15-11-5-4-10(8-12(11)16)9-13(14(18)19)17-6-2-1-3-7-17/h4-5,8,13H,1-3,6-7,9H2,(H,18,19). The van der Waals surface area contributed by atoms with E-state index in [9.17, 15) is 9.90 Å². The zero-order valence-electron chi connectivity index (χ0n) is 10.6. The topological polar surface area (TPSA) is 40.5 Å². The van der Waals surface area contributed by atoms with Gasteiger partial charge < -0.3 is 5.11 Å². The second kappa shape index (κ2) is 6.60. The number of piperidine rings is 1. The molecule has 0 amide bonds. The maximum absolute atomic E-state index is 11.5. The molecule has 1 atom stereocenters. The highest BCUT2D eigenvalue weighted by atomic mass is 35.5. The molecule has 2 rings (SSSR count). The van der Waals surface area contributed by atoms with Crippen molar-refractivity contribution in [3.63, 3.8) is 0 Å². The molecule has 1 aromatic carbocycles. The van der Waals surface area contributed by atoms with E-state index in [1.807, 2.05) is 11.0 Å². The third-order valence-corrected chi connectivity index (χ3v) is 4.27. The summed E-state index contributed by atoms with van der Waals surface area (Å²) < 4.78 is 0. The molecule has 0 bridgehead atoms. The molecule has 0 aromatic heterocycles. The van der Waals surface area contributed by atoms with E-state index in [1.54, 1.807) is 12.1 Å². The lowest BCUT2D eigenvalue weighted by Gasteiger charge is -2.32. The van der Waals surface area contributed by atoms with Crippen molar-refractivity contribution in [2.45, 2.75) is 31.7 Å². The van der Waals surface area contributed by atoms with Crippen LogP contribution in [0.2, 0.25) is 10.0 Å². The van der Waals surface area contributed by atoms with Crippen LogP contribution in [0.3, 0.4) is 0 Å². The maximum atomic E-state index is 11.5.